The van der Waals surface area contributed by atoms with Crippen LogP contribution < -0.4 is 17.0 Å². The van der Waals surface area contributed by atoms with E-state index in [1.54, 1.807) is 23.2 Å². The first-order chi connectivity index (χ1) is 8.04. The van der Waals surface area contributed by atoms with E-state index >= 15 is 0 Å². The number of amides is 1. The summed E-state index contributed by atoms with van der Waals surface area (Å²) in [6.07, 6.45) is 0.204. The number of fused-ring (bicyclic) bond motifs is 1. The van der Waals surface area contributed by atoms with E-state index in [1.165, 1.54) is 0 Å². The smallest absolute Gasteiger partial charge is 0.295 e. The number of hydrazine groups is 1. The Bertz CT molecular complexity index is 639. The first-order valence-electron chi connectivity index (χ1n) is 5.18. The zero-order valence-corrected chi connectivity index (χ0v) is 9.73. The van der Waals surface area contributed by atoms with Gasteiger partial charge in [-0.15, -0.1) is 0 Å². The van der Waals surface area contributed by atoms with Gasteiger partial charge < -0.3 is 0 Å². The van der Waals surface area contributed by atoms with Crippen LogP contribution in [0.2, 0.25) is 0 Å². The van der Waals surface area contributed by atoms with E-state index in [1.807, 2.05) is 18.2 Å². The van der Waals surface area contributed by atoms with Crippen molar-refractivity contribution >= 4 is 16.9 Å². The Morgan fingerprint density at radius 1 is 1.29 bits per heavy atom. The van der Waals surface area contributed by atoms with Crippen molar-refractivity contribution in [1.29, 1.82) is 0 Å². The average molecular weight is 234 g/mol. The molecule has 0 radical (unpaired) electrons. The van der Waals surface area contributed by atoms with Gasteiger partial charge in [-0.05, 0) is 17.7 Å². The van der Waals surface area contributed by atoms with Gasteiger partial charge in [0.1, 0.15) is 0 Å². The lowest BCUT2D eigenvalue weighted by atomic mass is 10.1. The lowest BCUT2D eigenvalue weighted by molar-refractivity contribution is -0.120. The zero-order chi connectivity index (χ0) is 12.6. The fourth-order valence-electron chi connectivity index (χ4n) is 1.90. The highest BCUT2D eigenvalue weighted by molar-refractivity contribution is 5.81. The maximum atomic E-state index is 11.7. The number of aryl methyl sites for hydroxylation is 2. The number of hydrogen-bond acceptors (Lipinski definition) is 3. The van der Waals surface area contributed by atoms with Crippen LogP contribution in [0.25, 0.3) is 11.0 Å². The Morgan fingerprint density at radius 2 is 1.94 bits per heavy atom. The van der Waals surface area contributed by atoms with Crippen molar-refractivity contribution in [2.45, 2.75) is 6.42 Å². The van der Waals surface area contributed by atoms with Crippen molar-refractivity contribution in [3.63, 3.8) is 0 Å². The van der Waals surface area contributed by atoms with Crippen LogP contribution in [-0.2, 0) is 25.3 Å². The molecule has 0 aliphatic carbocycles. The lowest BCUT2D eigenvalue weighted by Gasteiger charge is -2.01. The van der Waals surface area contributed by atoms with Crippen LogP contribution in [0.4, 0.5) is 0 Å². The molecule has 0 aliphatic heterocycles. The third-order valence-corrected chi connectivity index (χ3v) is 2.86. The van der Waals surface area contributed by atoms with Crippen molar-refractivity contribution in [3.05, 3.63) is 34.2 Å². The summed E-state index contributed by atoms with van der Waals surface area (Å²) in [6.45, 7) is 0. The molecule has 90 valence electrons. The highest BCUT2D eigenvalue weighted by atomic mass is 16.2. The summed E-state index contributed by atoms with van der Waals surface area (Å²) in [7, 11) is 3.42. The predicted octanol–water partition coefficient (Wildman–Crippen LogP) is -0.591. The lowest BCUT2D eigenvalue weighted by Crippen LogP contribution is -2.31. The zero-order valence-electron chi connectivity index (χ0n) is 9.73. The van der Waals surface area contributed by atoms with E-state index < -0.39 is 0 Å². The van der Waals surface area contributed by atoms with Crippen molar-refractivity contribution in [1.82, 2.24) is 14.6 Å². The normalized spacial score (nSPS) is 10.8. The highest BCUT2D eigenvalue weighted by Crippen LogP contribution is 2.14. The summed E-state index contributed by atoms with van der Waals surface area (Å²) in [5, 5.41) is 0. The van der Waals surface area contributed by atoms with Crippen LogP contribution in [0.5, 0.6) is 0 Å². The molecule has 1 aromatic heterocycles. The van der Waals surface area contributed by atoms with Gasteiger partial charge in [-0.2, -0.15) is 0 Å². The largest absolute Gasteiger partial charge is 0.328 e. The molecular formula is C11H14N4O2. The molecule has 6 nitrogen and oxygen atoms in total. The molecule has 2 aromatic rings. The van der Waals surface area contributed by atoms with E-state index in [0.717, 1.165) is 16.6 Å². The van der Waals surface area contributed by atoms with E-state index in [2.05, 4.69) is 5.43 Å². The number of carbonyl (C=O) groups is 1. The highest BCUT2D eigenvalue weighted by Gasteiger charge is 2.09. The Balaban J connectivity index is 2.54. The minimum atomic E-state index is -0.259. The number of nitrogens with zero attached hydrogens (tertiary/aromatic N) is 2. The van der Waals surface area contributed by atoms with Crippen LogP contribution in [0.1, 0.15) is 5.56 Å². The van der Waals surface area contributed by atoms with Gasteiger partial charge in [-0.1, -0.05) is 6.07 Å². The van der Waals surface area contributed by atoms with Crippen molar-refractivity contribution in [2.75, 3.05) is 0 Å². The molecular weight excluding hydrogens is 220 g/mol. The van der Waals surface area contributed by atoms with E-state index in [4.69, 9.17) is 5.84 Å². The Morgan fingerprint density at radius 3 is 2.59 bits per heavy atom. The monoisotopic (exact) mass is 234 g/mol. The second-order valence-electron chi connectivity index (χ2n) is 3.97. The molecule has 0 aliphatic rings. The molecule has 3 N–H and O–H groups in total. The van der Waals surface area contributed by atoms with Gasteiger partial charge in [0, 0.05) is 14.1 Å². The molecule has 1 aromatic carbocycles. The first kappa shape index (κ1) is 11.4. The molecule has 0 spiro atoms. The van der Waals surface area contributed by atoms with E-state index in [-0.39, 0.29) is 18.0 Å². The second-order valence-corrected chi connectivity index (χ2v) is 3.97. The van der Waals surface area contributed by atoms with Crippen molar-refractivity contribution in [2.24, 2.45) is 19.9 Å². The Labute approximate surface area is 97.6 Å². The molecule has 1 amide bonds. The van der Waals surface area contributed by atoms with E-state index in [0.29, 0.717) is 0 Å². The number of nitrogens with two attached hydrogens (primary N) is 1. The molecule has 2 rings (SSSR count). The summed E-state index contributed by atoms with van der Waals surface area (Å²) >= 11 is 0. The SMILES string of the molecule is Cn1c(=O)n(C)c2cc(CC(=O)NN)ccc21. The fraction of sp³-hybridized carbons (Fsp3) is 0.273. The van der Waals surface area contributed by atoms with Crippen molar-refractivity contribution < 1.29 is 4.79 Å². The summed E-state index contributed by atoms with van der Waals surface area (Å²) in [6, 6.07) is 5.47. The van der Waals surface area contributed by atoms with Crippen LogP contribution in [0.15, 0.2) is 23.0 Å². The molecule has 0 fully saturated rings. The molecule has 6 heteroatoms. The molecule has 0 saturated carbocycles. The summed E-state index contributed by atoms with van der Waals surface area (Å²) in [5.41, 5.74) is 4.47. The van der Waals surface area contributed by atoms with Gasteiger partial charge in [-0.3, -0.25) is 19.4 Å². The predicted molar refractivity (Wildman–Crippen MR) is 64.2 cm³/mol. The number of rotatable bonds is 2. The Hall–Kier alpha value is -2.08. The molecule has 0 saturated heterocycles. The number of carbonyl (C=O) groups excluding carboxylic acids is 1. The van der Waals surface area contributed by atoms with Gasteiger partial charge in [0.05, 0.1) is 17.5 Å². The number of imidazole rings is 1. The van der Waals surface area contributed by atoms with Gasteiger partial charge in [0.25, 0.3) is 0 Å². The molecule has 0 unspecified atom stereocenters. The van der Waals surface area contributed by atoms with Gasteiger partial charge >= 0.3 is 5.69 Å². The summed E-state index contributed by atoms with van der Waals surface area (Å²) in [4.78, 5) is 22.9. The summed E-state index contributed by atoms with van der Waals surface area (Å²) < 4.78 is 3.13. The quantitative estimate of drug-likeness (QED) is 0.414. The van der Waals surface area contributed by atoms with Gasteiger partial charge in [0.15, 0.2) is 0 Å². The molecule has 1 heterocycles. The summed E-state index contributed by atoms with van der Waals surface area (Å²) in [5.74, 6) is 4.77. The molecule has 0 bridgehead atoms. The number of benzene rings is 1. The van der Waals surface area contributed by atoms with Gasteiger partial charge in [0.2, 0.25) is 5.91 Å². The minimum Gasteiger partial charge on any atom is -0.295 e. The minimum absolute atomic E-state index is 0.0829. The number of nitrogens with one attached hydrogen (secondary N) is 1. The Kier molecular flexibility index (Phi) is 2.72. The van der Waals surface area contributed by atoms with Crippen LogP contribution in [-0.4, -0.2) is 15.0 Å². The molecule has 0 atom stereocenters. The third kappa shape index (κ3) is 1.83. The van der Waals surface area contributed by atoms with E-state index in [9.17, 15) is 9.59 Å². The number of aromatic nitrogens is 2. The van der Waals surface area contributed by atoms with Crippen molar-refractivity contribution in [3.8, 4) is 0 Å². The van der Waals surface area contributed by atoms with Gasteiger partial charge in [-0.25, -0.2) is 10.6 Å². The molecule has 17 heavy (non-hydrogen) atoms. The second kappa shape index (κ2) is 4.06. The fourth-order valence-corrected chi connectivity index (χ4v) is 1.90. The topological polar surface area (TPSA) is 82.0 Å². The maximum absolute atomic E-state index is 11.7. The van der Waals surface area contributed by atoms with Crippen LogP contribution in [0, 0.1) is 0 Å². The van der Waals surface area contributed by atoms with Crippen LogP contribution in [0.3, 0.4) is 0 Å². The standard InChI is InChI=1S/C11H14N4O2/c1-14-8-4-3-7(6-10(16)13-12)5-9(8)15(2)11(14)17/h3-5H,6,12H2,1-2H3,(H,13,16). The average Bonchev–Trinajstić information content (AvgIpc) is 2.54. The first-order valence-corrected chi connectivity index (χ1v) is 5.18. The third-order valence-electron chi connectivity index (χ3n) is 2.86. The van der Waals surface area contributed by atoms with Crippen LogP contribution >= 0.6 is 0 Å². The maximum Gasteiger partial charge on any atom is 0.328 e. The number of hydrogen-bond donors (Lipinski definition) is 2.